The van der Waals surface area contributed by atoms with Gasteiger partial charge in [0, 0.05) is 18.4 Å². The van der Waals surface area contributed by atoms with E-state index in [-0.39, 0.29) is 5.58 Å². The molecule has 4 unspecified atom stereocenters. The summed E-state index contributed by atoms with van der Waals surface area (Å²) in [6.07, 6.45) is -2.57. The number of hydrogen-bond acceptors (Lipinski definition) is 8. The number of carbonyl (C=O) groups is 2. The van der Waals surface area contributed by atoms with Crippen molar-refractivity contribution in [1.82, 2.24) is 0 Å². The first-order chi connectivity index (χ1) is 13.5. The first-order valence-corrected chi connectivity index (χ1v) is 9.35. The molecule has 3 heterocycles. The van der Waals surface area contributed by atoms with E-state index in [1.807, 2.05) is 0 Å². The molecule has 1 saturated heterocycles. The Kier molecular flexibility index (Phi) is 4.24. The maximum atomic E-state index is 12.8. The van der Waals surface area contributed by atoms with Crippen molar-refractivity contribution in [3.05, 3.63) is 40.2 Å². The first-order valence-electron chi connectivity index (χ1n) is 9.35. The fourth-order valence-corrected chi connectivity index (χ4v) is 3.66. The molecule has 2 aliphatic heterocycles. The van der Waals surface area contributed by atoms with Crippen molar-refractivity contribution in [2.75, 3.05) is 0 Å². The highest BCUT2D eigenvalue weighted by molar-refractivity contribution is 5.85. The summed E-state index contributed by atoms with van der Waals surface area (Å²) in [5.41, 5.74) is -1.73. The lowest BCUT2D eigenvalue weighted by Crippen LogP contribution is -2.46. The van der Waals surface area contributed by atoms with Gasteiger partial charge in [-0.2, -0.15) is 0 Å². The maximum Gasteiger partial charge on any atom is 0.341 e. The normalized spacial score (nSPS) is 29.5. The number of fused-ring (bicyclic) bond motifs is 3. The minimum atomic E-state index is -1.10. The van der Waals surface area contributed by atoms with E-state index >= 15 is 0 Å². The molecule has 0 radical (unpaired) electrons. The Hall–Kier alpha value is -2.87. The monoisotopic (exact) mass is 402 g/mol. The molecule has 0 bridgehead atoms. The van der Waals surface area contributed by atoms with Crippen LogP contribution in [-0.4, -0.2) is 35.3 Å². The number of ether oxygens (including phenoxy) is 4. The number of carbonyl (C=O) groups excluding carboxylic acids is 2. The standard InChI is InChI=1S/C21H22O8/c1-10-16(28-19(24)21(5)20(3,4)29-21)18(26-11(2)22)15-13(25-10)8-6-12-7-9-14(23)27-17(12)15/h6-10,16,18H,1-5H3. The molecule has 8 heteroatoms. The van der Waals surface area contributed by atoms with Gasteiger partial charge in [-0.15, -0.1) is 0 Å². The average Bonchev–Trinajstić information content (AvgIpc) is 3.16. The molecule has 0 aliphatic carbocycles. The van der Waals surface area contributed by atoms with Crippen LogP contribution < -0.4 is 10.4 Å². The molecule has 1 aromatic heterocycles. The van der Waals surface area contributed by atoms with Crippen molar-refractivity contribution in [3.63, 3.8) is 0 Å². The highest BCUT2D eigenvalue weighted by Gasteiger charge is 2.67. The number of esters is 2. The Bertz CT molecular complexity index is 1070. The molecule has 2 aromatic rings. The van der Waals surface area contributed by atoms with E-state index in [2.05, 4.69) is 0 Å². The summed E-state index contributed by atoms with van der Waals surface area (Å²) < 4.78 is 28.1. The highest BCUT2D eigenvalue weighted by atomic mass is 16.7. The van der Waals surface area contributed by atoms with Gasteiger partial charge in [0.05, 0.1) is 5.56 Å². The van der Waals surface area contributed by atoms with E-state index in [1.54, 1.807) is 45.9 Å². The zero-order chi connectivity index (χ0) is 21.1. The molecule has 4 rings (SSSR count). The molecule has 29 heavy (non-hydrogen) atoms. The largest absolute Gasteiger partial charge is 0.486 e. The molecule has 0 saturated carbocycles. The zero-order valence-electron chi connectivity index (χ0n) is 16.8. The minimum absolute atomic E-state index is 0.225. The van der Waals surface area contributed by atoms with E-state index in [0.717, 1.165) is 0 Å². The average molecular weight is 402 g/mol. The van der Waals surface area contributed by atoms with E-state index in [9.17, 15) is 14.4 Å². The van der Waals surface area contributed by atoms with Crippen molar-refractivity contribution >= 4 is 22.9 Å². The second-order valence-electron chi connectivity index (χ2n) is 8.02. The van der Waals surface area contributed by atoms with E-state index in [4.69, 9.17) is 23.4 Å². The van der Waals surface area contributed by atoms with Crippen LogP contribution in [0.3, 0.4) is 0 Å². The molecule has 0 N–H and O–H groups in total. The molecule has 0 amide bonds. The first kappa shape index (κ1) is 19.4. The summed E-state index contributed by atoms with van der Waals surface area (Å²) >= 11 is 0. The Morgan fingerprint density at radius 2 is 1.72 bits per heavy atom. The van der Waals surface area contributed by atoms with Gasteiger partial charge < -0.3 is 23.4 Å². The zero-order valence-corrected chi connectivity index (χ0v) is 16.8. The highest BCUT2D eigenvalue weighted by Crippen LogP contribution is 2.49. The molecule has 1 aromatic carbocycles. The van der Waals surface area contributed by atoms with Gasteiger partial charge in [-0.25, -0.2) is 9.59 Å². The van der Waals surface area contributed by atoms with Crippen molar-refractivity contribution in [1.29, 1.82) is 0 Å². The van der Waals surface area contributed by atoms with Crippen LogP contribution in [-0.2, 0) is 23.8 Å². The van der Waals surface area contributed by atoms with Crippen molar-refractivity contribution < 1.29 is 33.0 Å². The van der Waals surface area contributed by atoms with Gasteiger partial charge in [-0.05, 0) is 45.9 Å². The lowest BCUT2D eigenvalue weighted by Gasteiger charge is -2.37. The summed E-state index contributed by atoms with van der Waals surface area (Å²) in [6.45, 7) is 8.19. The Labute approximate surface area is 166 Å². The van der Waals surface area contributed by atoms with Crippen LogP contribution in [0.25, 0.3) is 11.0 Å². The van der Waals surface area contributed by atoms with Gasteiger partial charge in [-0.1, -0.05) is 0 Å². The number of hydrogen-bond donors (Lipinski definition) is 0. The Morgan fingerprint density at radius 3 is 2.34 bits per heavy atom. The van der Waals surface area contributed by atoms with Gasteiger partial charge in [0.25, 0.3) is 0 Å². The third kappa shape index (κ3) is 3.07. The second-order valence-corrected chi connectivity index (χ2v) is 8.02. The SMILES string of the molecule is CC(=O)OC1c2c(ccc3ccc(=O)oc23)OC(C)C1OC(=O)C1(C)OC1(C)C. The second kappa shape index (κ2) is 6.32. The third-order valence-electron chi connectivity index (χ3n) is 5.64. The topological polar surface area (TPSA) is 105 Å². The van der Waals surface area contributed by atoms with E-state index in [1.165, 1.54) is 13.0 Å². The van der Waals surface area contributed by atoms with Gasteiger partial charge in [0.2, 0.25) is 0 Å². The summed E-state index contributed by atoms with van der Waals surface area (Å²) in [4.78, 5) is 36.5. The smallest absolute Gasteiger partial charge is 0.341 e. The number of rotatable bonds is 3. The summed E-state index contributed by atoms with van der Waals surface area (Å²) in [6, 6.07) is 6.35. The maximum absolute atomic E-state index is 12.8. The van der Waals surface area contributed by atoms with Crippen LogP contribution in [0.1, 0.15) is 46.3 Å². The van der Waals surface area contributed by atoms with Crippen molar-refractivity contribution in [2.45, 2.75) is 64.1 Å². The molecule has 0 spiro atoms. The van der Waals surface area contributed by atoms with Gasteiger partial charge in [0.1, 0.15) is 23.0 Å². The van der Waals surface area contributed by atoms with Crippen LogP contribution in [0.15, 0.2) is 33.5 Å². The van der Waals surface area contributed by atoms with Gasteiger partial charge in [0.15, 0.2) is 17.8 Å². The molecule has 1 fully saturated rings. The summed E-state index contributed by atoms with van der Waals surface area (Å²) in [5.74, 6) is -0.752. The molecule has 4 atom stereocenters. The van der Waals surface area contributed by atoms with E-state index in [0.29, 0.717) is 16.7 Å². The molecule has 154 valence electrons. The predicted octanol–water partition coefficient (Wildman–Crippen LogP) is 2.66. The van der Waals surface area contributed by atoms with Crippen molar-refractivity contribution in [2.24, 2.45) is 0 Å². The fraction of sp³-hybridized carbons (Fsp3) is 0.476. The quantitative estimate of drug-likeness (QED) is 0.438. The third-order valence-corrected chi connectivity index (χ3v) is 5.64. The van der Waals surface area contributed by atoms with Crippen LogP contribution in [0.5, 0.6) is 5.75 Å². The van der Waals surface area contributed by atoms with Crippen LogP contribution in [0.2, 0.25) is 0 Å². The summed E-state index contributed by atoms with van der Waals surface area (Å²) in [5, 5.41) is 0.627. The molecular formula is C21H22O8. The van der Waals surface area contributed by atoms with Crippen molar-refractivity contribution in [3.8, 4) is 5.75 Å². The van der Waals surface area contributed by atoms with Crippen LogP contribution >= 0.6 is 0 Å². The number of epoxide rings is 1. The minimum Gasteiger partial charge on any atom is -0.486 e. The van der Waals surface area contributed by atoms with E-state index < -0.39 is 47.1 Å². The molecule has 2 aliphatic rings. The van der Waals surface area contributed by atoms with Gasteiger partial charge in [-0.3, -0.25) is 4.79 Å². The molecular weight excluding hydrogens is 380 g/mol. The molecule has 8 nitrogen and oxygen atoms in total. The lowest BCUT2D eigenvalue weighted by atomic mass is 9.93. The number of benzene rings is 1. The van der Waals surface area contributed by atoms with Crippen LogP contribution in [0.4, 0.5) is 0 Å². The summed E-state index contributed by atoms with van der Waals surface area (Å²) in [7, 11) is 0. The Balaban J connectivity index is 1.79. The Morgan fingerprint density at radius 1 is 1.07 bits per heavy atom. The van der Waals surface area contributed by atoms with Gasteiger partial charge >= 0.3 is 17.6 Å². The lowest BCUT2D eigenvalue weighted by molar-refractivity contribution is -0.181. The van der Waals surface area contributed by atoms with Crippen LogP contribution in [0, 0.1) is 0 Å². The predicted molar refractivity (Wildman–Crippen MR) is 101 cm³/mol. The fourth-order valence-electron chi connectivity index (χ4n) is 3.66.